The van der Waals surface area contributed by atoms with Gasteiger partial charge in [0.15, 0.2) is 5.89 Å². The number of oxazole rings is 1. The molecule has 0 radical (unpaired) electrons. The van der Waals surface area contributed by atoms with Crippen molar-refractivity contribution in [2.75, 3.05) is 0 Å². The Morgan fingerprint density at radius 2 is 2.31 bits per heavy atom. The van der Waals surface area contributed by atoms with E-state index in [0.717, 1.165) is 6.42 Å². The zero-order valence-electron chi connectivity index (χ0n) is 9.70. The maximum atomic E-state index is 11.7. The minimum atomic E-state index is -0.470. The fraction of sp³-hybridized carbons (Fsp3) is 0.545. The van der Waals surface area contributed by atoms with Gasteiger partial charge < -0.3 is 9.73 Å². The Bertz CT molecular complexity index is 417. The van der Waals surface area contributed by atoms with E-state index in [4.69, 9.17) is 9.68 Å². The molecule has 86 valence electrons. The van der Waals surface area contributed by atoms with Crippen LogP contribution >= 0.6 is 0 Å². The molecule has 0 aliphatic rings. The van der Waals surface area contributed by atoms with Crippen molar-refractivity contribution in [3.8, 4) is 6.07 Å². The maximum Gasteiger partial charge on any atom is 0.290 e. The number of nitriles is 1. The molecule has 1 rings (SSSR count). The van der Waals surface area contributed by atoms with Gasteiger partial charge in [0.2, 0.25) is 5.76 Å². The van der Waals surface area contributed by atoms with Crippen LogP contribution in [0.1, 0.15) is 41.9 Å². The van der Waals surface area contributed by atoms with Gasteiger partial charge in [-0.3, -0.25) is 4.79 Å². The smallest absolute Gasteiger partial charge is 0.290 e. The van der Waals surface area contributed by atoms with Gasteiger partial charge in [-0.1, -0.05) is 13.3 Å². The summed E-state index contributed by atoms with van der Waals surface area (Å²) in [5.74, 6) is 0.263. The van der Waals surface area contributed by atoms with Gasteiger partial charge in [0.05, 0.1) is 11.8 Å². The lowest BCUT2D eigenvalue weighted by Gasteiger charge is -2.08. The van der Waals surface area contributed by atoms with Gasteiger partial charge in [0.1, 0.15) is 6.04 Å². The number of amides is 1. The second-order valence-corrected chi connectivity index (χ2v) is 3.59. The lowest BCUT2D eigenvalue weighted by atomic mass is 10.2. The highest BCUT2D eigenvalue weighted by Crippen LogP contribution is 2.09. The molecule has 0 bridgehead atoms. The first kappa shape index (κ1) is 12.2. The highest BCUT2D eigenvalue weighted by Gasteiger charge is 2.18. The zero-order valence-corrected chi connectivity index (χ0v) is 9.70. The summed E-state index contributed by atoms with van der Waals surface area (Å²) in [5.41, 5.74) is 0.545. The van der Waals surface area contributed by atoms with E-state index in [9.17, 15) is 4.79 Å². The molecule has 1 unspecified atom stereocenters. The molecule has 1 aromatic heterocycles. The summed E-state index contributed by atoms with van der Waals surface area (Å²) in [5, 5.41) is 11.4. The third-order valence-corrected chi connectivity index (χ3v) is 2.15. The van der Waals surface area contributed by atoms with Gasteiger partial charge in [-0.25, -0.2) is 4.98 Å². The number of hydrogen-bond acceptors (Lipinski definition) is 4. The van der Waals surface area contributed by atoms with Crippen molar-refractivity contribution in [3.63, 3.8) is 0 Å². The fourth-order valence-corrected chi connectivity index (χ4v) is 1.42. The van der Waals surface area contributed by atoms with E-state index in [2.05, 4.69) is 10.3 Å². The van der Waals surface area contributed by atoms with E-state index in [1.54, 1.807) is 13.8 Å². The van der Waals surface area contributed by atoms with Crippen molar-refractivity contribution in [2.45, 2.75) is 39.7 Å². The van der Waals surface area contributed by atoms with Crippen LogP contribution in [0.5, 0.6) is 0 Å². The minimum Gasteiger partial charge on any atom is -0.436 e. The Labute approximate surface area is 94.5 Å². The van der Waals surface area contributed by atoms with Crippen LogP contribution in [0, 0.1) is 25.2 Å². The number of hydrogen-bond donors (Lipinski definition) is 1. The summed E-state index contributed by atoms with van der Waals surface area (Å²) < 4.78 is 5.17. The fourth-order valence-electron chi connectivity index (χ4n) is 1.42. The number of nitrogens with zero attached hydrogens (tertiary/aromatic N) is 2. The maximum absolute atomic E-state index is 11.7. The minimum absolute atomic E-state index is 0.189. The van der Waals surface area contributed by atoms with E-state index in [1.807, 2.05) is 13.0 Å². The predicted molar refractivity (Wildman–Crippen MR) is 57.8 cm³/mol. The number of aromatic nitrogens is 1. The van der Waals surface area contributed by atoms with Crippen molar-refractivity contribution in [3.05, 3.63) is 17.3 Å². The van der Waals surface area contributed by atoms with Gasteiger partial charge in [-0.15, -0.1) is 0 Å². The lowest BCUT2D eigenvalue weighted by molar-refractivity contribution is 0.0914. The van der Waals surface area contributed by atoms with Crippen LogP contribution in [0.15, 0.2) is 4.42 Å². The van der Waals surface area contributed by atoms with Crippen molar-refractivity contribution < 1.29 is 9.21 Å². The van der Waals surface area contributed by atoms with Crippen molar-refractivity contribution in [1.29, 1.82) is 5.26 Å². The van der Waals surface area contributed by atoms with Gasteiger partial charge in [0, 0.05) is 6.92 Å². The highest BCUT2D eigenvalue weighted by atomic mass is 16.4. The quantitative estimate of drug-likeness (QED) is 0.839. The Balaban J connectivity index is 2.72. The molecule has 16 heavy (non-hydrogen) atoms. The Kier molecular flexibility index (Phi) is 4.06. The molecule has 0 fully saturated rings. The first-order valence-corrected chi connectivity index (χ1v) is 5.23. The van der Waals surface area contributed by atoms with Gasteiger partial charge in [-0.05, 0) is 13.3 Å². The van der Waals surface area contributed by atoms with Crippen LogP contribution in [-0.2, 0) is 0 Å². The molecule has 1 N–H and O–H groups in total. The van der Waals surface area contributed by atoms with Crippen molar-refractivity contribution in [2.24, 2.45) is 0 Å². The van der Waals surface area contributed by atoms with Crippen LogP contribution < -0.4 is 5.32 Å². The molecule has 1 heterocycles. The molecule has 0 aromatic carbocycles. The number of rotatable bonds is 4. The summed E-state index contributed by atoms with van der Waals surface area (Å²) in [6, 6.07) is 1.57. The van der Waals surface area contributed by atoms with Crippen LogP contribution in [0.25, 0.3) is 0 Å². The summed E-state index contributed by atoms with van der Waals surface area (Å²) >= 11 is 0. The average molecular weight is 221 g/mol. The zero-order chi connectivity index (χ0) is 12.1. The van der Waals surface area contributed by atoms with E-state index >= 15 is 0 Å². The molecule has 1 aromatic rings. The second-order valence-electron chi connectivity index (χ2n) is 3.59. The second kappa shape index (κ2) is 5.31. The molecule has 1 amide bonds. The van der Waals surface area contributed by atoms with Crippen molar-refractivity contribution in [1.82, 2.24) is 10.3 Å². The summed E-state index contributed by atoms with van der Waals surface area (Å²) in [6.45, 7) is 5.34. The summed E-state index contributed by atoms with van der Waals surface area (Å²) in [6.07, 6.45) is 1.47. The monoisotopic (exact) mass is 221 g/mol. The largest absolute Gasteiger partial charge is 0.436 e. The Morgan fingerprint density at radius 1 is 1.62 bits per heavy atom. The molecule has 1 atom stereocenters. The molecular formula is C11H15N3O2. The van der Waals surface area contributed by atoms with Crippen LogP contribution in [-0.4, -0.2) is 16.9 Å². The molecule has 5 heteroatoms. The average Bonchev–Trinajstić information content (AvgIpc) is 2.57. The summed E-state index contributed by atoms with van der Waals surface area (Å²) in [7, 11) is 0. The van der Waals surface area contributed by atoms with Crippen LogP contribution in [0.4, 0.5) is 0 Å². The third kappa shape index (κ3) is 2.83. The van der Waals surface area contributed by atoms with Crippen LogP contribution in [0.3, 0.4) is 0 Å². The van der Waals surface area contributed by atoms with Gasteiger partial charge in [-0.2, -0.15) is 5.26 Å². The lowest BCUT2D eigenvalue weighted by Crippen LogP contribution is -2.33. The van der Waals surface area contributed by atoms with Gasteiger partial charge >= 0.3 is 0 Å². The predicted octanol–water partition coefficient (Wildman–Crippen LogP) is 1.71. The third-order valence-electron chi connectivity index (χ3n) is 2.15. The molecule has 0 spiro atoms. The van der Waals surface area contributed by atoms with Gasteiger partial charge in [0.25, 0.3) is 5.91 Å². The first-order chi connectivity index (χ1) is 7.58. The van der Waals surface area contributed by atoms with Crippen LogP contribution in [0.2, 0.25) is 0 Å². The molecule has 0 aliphatic heterocycles. The molecule has 5 nitrogen and oxygen atoms in total. The normalized spacial score (nSPS) is 11.9. The van der Waals surface area contributed by atoms with E-state index in [-0.39, 0.29) is 11.7 Å². The topological polar surface area (TPSA) is 78.9 Å². The number of nitrogens with one attached hydrogen (secondary N) is 1. The van der Waals surface area contributed by atoms with E-state index < -0.39 is 6.04 Å². The Morgan fingerprint density at radius 3 is 2.75 bits per heavy atom. The number of carbonyl (C=O) groups is 1. The molecular weight excluding hydrogens is 206 g/mol. The van der Waals surface area contributed by atoms with E-state index in [0.29, 0.717) is 18.0 Å². The number of aryl methyl sites for hydroxylation is 2. The standard InChI is InChI=1S/C11H15N3O2/c1-4-5-9(6-12)14-11(15)10-7(2)13-8(3)16-10/h9H,4-5H2,1-3H3,(H,14,15). The van der Waals surface area contributed by atoms with E-state index in [1.165, 1.54) is 0 Å². The van der Waals surface area contributed by atoms with Crippen molar-refractivity contribution >= 4 is 5.91 Å². The molecule has 0 saturated heterocycles. The summed E-state index contributed by atoms with van der Waals surface area (Å²) in [4.78, 5) is 15.7. The highest BCUT2D eigenvalue weighted by molar-refractivity contribution is 5.92. The Hall–Kier alpha value is -1.83. The SMILES string of the molecule is CCCC(C#N)NC(=O)c1oc(C)nc1C. The number of carbonyl (C=O) groups excluding carboxylic acids is 1. The molecule has 0 saturated carbocycles. The molecule has 0 aliphatic carbocycles. The first-order valence-electron chi connectivity index (χ1n) is 5.23.